The smallest absolute Gasteiger partial charge is 0.357 e. The van der Waals surface area contributed by atoms with E-state index in [9.17, 15) is 13.2 Å². The molecule has 2 aromatic rings. The van der Waals surface area contributed by atoms with Gasteiger partial charge in [0.05, 0.1) is 17.8 Å². The molecule has 0 saturated heterocycles. The summed E-state index contributed by atoms with van der Waals surface area (Å²) < 4.78 is 39.7. The van der Waals surface area contributed by atoms with Crippen LogP contribution in [0, 0.1) is 13.8 Å². The van der Waals surface area contributed by atoms with Crippen molar-refractivity contribution < 1.29 is 13.2 Å². The van der Waals surface area contributed by atoms with Crippen molar-refractivity contribution in [1.29, 1.82) is 0 Å². The van der Waals surface area contributed by atoms with Gasteiger partial charge in [-0.05, 0) is 50.5 Å². The van der Waals surface area contributed by atoms with E-state index in [1.807, 2.05) is 32.5 Å². The molecule has 27 heavy (non-hydrogen) atoms. The zero-order valence-corrected chi connectivity index (χ0v) is 16.1. The molecule has 1 aromatic carbocycles. The van der Waals surface area contributed by atoms with Gasteiger partial charge in [0.2, 0.25) is 0 Å². The number of rotatable bonds is 6. The van der Waals surface area contributed by atoms with Crippen molar-refractivity contribution in [2.75, 3.05) is 13.1 Å². The Morgan fingerprint density at radius 3 is 2.33 bits per heavy atom. The van der Waals surface area contributed by atoms with Gasteiger partial charge in [0.1, 0.15) is 0 Å². The maximum atomic E-state index is 12.6. The quantitative estimate of drug-likeness (QED) is 0.596. The highest BCUT2D eigenvalue weighted by Crippen LogP contribution is 2.29. The van der Waals surface area contributed by atoms with E-state index in [0.29, 0.717) is 25.6 Å². The van der Waals surface area contributed by atoms with Crippen LogP contribution in [-0.2, 0) is 26.2 Å². The van der Waals surface area contributed by atoms with E-state index in [-0.39, 0.29) is 0 Å². The average molecular weight is 381 g/mol. The zero-order chi connectivity index (χ0) is 20.0. The average Bonchev–Trinajstić information content (AvgIpc) is 2.85. The third-order valence-electron chi connectivity index (χ3n) is 4.37. The van der Waals surface area contributed by atoms with Crippen LogP contribution in [0.15, 0.2) is 29.3 Å². The number of hydrogen-bond donors (Lipinski definition) is 2. The van der Waals surface area contributed by atoms with E-state index < -0.39 is 11.7 Å². The first-order valence-electron chi connectivity index (χ1n) is 8.89. The van der Waals surface area contributed by atoms with Crippen molar-refractivity contribution in [2.24, 2.45) is 12.0 Å². The van der Waals surface area contributed by atoms with Gasteiger partial charge in [-0.1, -0.05) is 12.1 Å². The fourth-order valence-corrected chi connectivity index (χ4v) is 2.80. The van der Waals surface area contributed by atoms with Crippen LogP contribution in [0.5, 0.6) is 0 Å². The molecule has 5 nitrogen and oxygen atoms in total. The summed E-state index contributed by atoms with van der Waals surface area (Å²) in [5, 5.41) is 10.8. The van der Waals surface area contributed by atoms with Crippen LogP contribution in [-0.4, -0.2) is 28.8 Å². The number of alkyl halides is 3. The minimum Gasteiger partial charge on any atom is -0.357 e. The lowest BCUT2D eigenvalue weighted by atomic mass is 10.1. The fraction of sp³-hybridized carbons (Fsp3) is 0.474. The lowest BCUT2D eigenvalue weighted by Crippen LogP contribution is -2.38. The van der Waals surface area contributed by atoms with Crippen LogP contribution in [0.1, 0.15) is 35.0 Å². The number of benzene rings is 1. The molecule has 8 heteroatoms. The molecule has 0 aliphatic rings. The highest BCUT2D eigenvalue weighted by Gasteiger charge is 2.29. The van der Waals surface area contributed by atoms with Gasteiger partial charge in [0.25, 0.3) is 0 Å². The summed E-state index contributed by atoms with van der Waals surface area (Å²) in [4.78, 5) is 4.45. The Balaban J connectivity index is 1.95. The summed E-state index contributed by atoms with van der Waals surface area (Å²) in [5.74, 6) is 0.636. The second kappa shape index (κ2) is 8.92. The first-order chi connectivity index (χ1) is 12.7. The highest BCUT2D eigenvalue weighted by molar-refractivity contribution is 5.79. The SMILES string of the molecule is CCNC(=NCc1ccc(C(F)(F)F)cc1)NCCc1c(C)nn(C)c1C. The molecule has 2 N–H and O–H groups in total. The molecule has 0 radical (unpaired) electrons. The fourth-order valence-electron chi connectivity index (χ4n) is 2.80. The first-order valence-corrected chi connectivity index (χ1v) is 8.89. The molecule has 0 unspecified atom stereocenters. The highest BCUT2D eigenvalue weighted by atomic mass is 19.4. The number of guanidine groups is 1. The maximum absolute atomic E-state index is 12.6. The van der Waals surface area contributed by atoms with E-state index in [1.165, 1.54) is 17.7 Å². The number of nitrogens with one attached hydrogen (secondary N) is 2. The van der Waals surface area contributed by atoms with Crippen LogP contribution >= 0.6 is 0 Å². The van der Waals surface area contributed by atoms with Gasteiger partial charge in [-0.15, -0.1) is 0 Å². The molecular formula is C19H26F3N5. The molecule has 0 amide bonds. The second-order valence-electron chi connectivity index (χ2n) is 6.34. The van der Waals surface area contributed by atoms with Gasteiger partial charge >= 0.3 is 6.18 Å². The van der Waals surface area contributed by atoms with E-state index in [2.05, 4.69) is 20.7 Å². The standard InChI is InChI=1S/C19H26F3N5/c1-5-23-18(24-11-10-17-13(2)26-27(4)14(17)3)25-12-15-6-8-16(9-7-15)19(20,21)22/h6-9H,5,10-12H2,1-4H3,(H2,23,24,25). The Morgan fingerprint density at radius 2 is 1.81 bits per heavy atom. The number of aryl methyl sites for hydroxylation is 2. The Hall–Kier alpha value is -2.51. The molecule has 0 aliphatic heterocycles. The second-order valence-corrected chi connectivity index (χ2v) is 6.34. The van der Waals surface area contributed by atoms with Gasteiger partial charge < -0.3 is 10.6 Å². The van der Waals surface area contributed by atoms with Gasteiger partial charge in [0, 0.05) is 25.8 Å². The summed E-state index contributed by atoms with van der Waals surface area (Å²) >= 11 is 0. The Labute approximate surface area is 157 Å². The van der Waals surface area contributed by atoms with Gasteiger partial charge in [-0.3, -0.25) is 4.68 Å². The van der Waals surface area contributed by atoms with Crippen LogP contribution in [0.3, 0.4) is 0 Å². The van der Waals surface area contributed by atoms with Crippen molar-refractivity contribution >= 4 is 5.96 Å². The molecule has 0 spiro atoms. The zero-order valence-electron chi connectivity index (χ0n) is 16.1. The molecular weight excluding hydrogens is 355 g/mol. The van der Waals surface area contributed by atoms with Crippen LogP contribution in [0.4, 0.5) is 13.2 Å². The van der Waals surface area contributed by atoms with Gasteiger partial charge in [-0.25, -0.2) is 4.99 Å². The maximum Gasteiger partial charge on any atom is 0.416 e. The molecule has 148 valence electrons. The predicted molar refractivity (Wildman–Crippen MR) is 101 cm³/mol. The first kappa shape index (κ1) is 20.8. The minimum atomic E-state index is -4.32. The normalized spacial score (nSPS) is 12.3. The molecule has 0 aliphatic carbocycles. The molecule has 0 bridgehead atoms. The summed E-state index contributed by atoms with van der Waals surface area (Å²) in [6.07, 6.45) is -3.50. The summed E-state index contributed by atoms with van der Waals surface area (Å²) in [6.45, 7) is 7.69. The minimum absolute atomic E-state index is 0.304. The van der Waals surface area contributed by atoms with E-state index >= 15 is 0 Å². The number of halogens is 3. The van der Waals surface area contributed by atoms with E-state index in [1.54, 1.807) is 0 Å². The third kappa shape index (κ3) is 5.74. The van der Waals surface area contributed by atoms with Crippen LogP contribution < -0.4 is 10.6 Å². The molecule has 1 heterocycles. The molecule has 0 atom stereocenters. The summed E-state index contributed by atoms with van der Waals surface area (Å²) in [6, 6.07) is 5.08. The van der Waals surface area contributed by atoms with Crippen molar-refractivity contribution in [3.63, 3.8) is 0 Å². The van der Waals surface area contributed by atoms with Crippen molar-refractivity contribution in [3.8, 4) is 0 Å². The molecule has 0 saturated carbocycles. The number of aliphatic imine (C=N–C) groups is 1. The Bertz CT molecular complexity index is 776. The lowest BCUT2D eigenvalue weighted by molar-refractivity contribution is -0.137. The number of aromatic nitrogens is 2. The monoisotopic (exact) mass is 381 g/mol. The Kier molecular flexibility index (Phi) is 6.87. The van der Waals surface area contributed by atoms with Crippen molar-refractivity contribution in [2.45, 2.75) is 39.9 Å². The third-order valence-corrected chi connectivity index (χ3v) is 4.37. The predicted octanol–water partition coefficient (Wildman–Crippen LogP) is 3.35. The van der Waals surface area contributed by atoms with E-state index in [4.69, 9.17) is 0 Å². The van der Waals surface area contributed by atoms with Crippen molar-refractivity contribution in [3.05, 3.63) is 52.3 Å². The van der Waals surface area contributed by atoms with Crippen LogP contribution in [0.2, 0.25) is 0 Å². The number of hydrogen-bond acceptors (Lipinski definition) is 2. The van der Waals surface area contributed by atoms with Crippen LogP contribution in [0.25, 0.3) is 0 Å². The van der Waals surface area contributed by atoms with Gasteiger partial charge in [0.15, 0.2) is 5.96 Å². The number of nitrogens with zero attached hydrogens (tertiary/aromatic N) is 3. The molecule has 2 rings (SSSR count). The van der Waals surface area contributed by atoms with Gasteiger partial charge in [-0.2, -0.15) is 18.3 Å². The van der Waals surface area contributed by atoms with Crippen molar-refractivity contribution in [1.82, 2.24) is 20.4 Å². The topological polar surface area (TPSA) is 54.2 Å². The van der Waals surface area contributed by atoms with E-state index in [0.717, 1.165) is 35.5 Å². The molecule has 1 aromatic heterocycles. The Morgan fingerprint density at radius 1 is 1.15 bits per heavy atom. The largest absolute Gasteiger partial charge is 0.416 e. The lowest BCUT2D eigenvalue weighted by Gasteiger charge is -2.12. The summed E-state index contributed by atoms with van der Waals surface area (Å²) in [7, 11) is 1.93. The summed E-state index contributed by atoms with van der Waals surface area (Å²) in [5.41, 5.74) is 3.44. The molecule has 0 fully saturated rings.